The quantitative estimate of drug-likeness (QED) is 0.584. The fourth-order valence-corrected chi connectivity index (χ4v) is 3.73. The third kappa shape index (κ3) is 3.48. The molecular formula is C21H20ClF3O. The van der Waals surface area contributed by atoms with Gasteiger partial charge in [-0.15, -0.1) is 0 Å². The minimum atomic E-state index is -4.55. The predicted molar refractivity (Wildman–Crippen MR) is 97.2 cm³/mol. The van der Waals surface area contributed by atoms with Crippen LogP contribution >= 0.6 is 11.6 Å². The van der Waals surface area contributed by atoms with Crippen molar-refractivity contribution in [1.29, 1.82) is 0 Å². The maximum absolute atomic E-state index is 13.0. The molecule has 1 aliphatic carbocycles. The van der Waals surface area contributed by atoms with Gasteiger partial charge in [-0.05, 0) is 17.7 Å². The predicted octanol–water partition coefficient (Wildman–Crippen LogP) is 6.39. The number of allylic oxidation sites excluding steroid dienone is 1. The molecule has 1 nitrogen and oxygen atoms in total. The topological polar surface area (TPSA) is 9.23 Å². The molecule has 0 N–H and O–H groups in total. The van der Waals surface area contributed by atoms with Crippen LogP contribution in [0.2, 0.25) is 0 Å². The van der Waals surface area contributed by atoms with Crippen molar-refractivity contribution in [1.82, 2.24) is 0 Å². The lowest BCUT2D eigenvalue weighted by Crippen LogP contribution is -2.28. The van der Waals surface area contributed by atoms with E-state index in [9.17, 15) is 13.2 Å². The minimum absolute atomic E-state index is 0.454. The summed E-state index contributed by atoms with van der Waals surface area (Å²) >= 11 is 5.53. The van der Waals surface area contributed by atoms with Gasteiger partial charge in [0.15, 0.2) is 0 Å². The molecule has 0 aromatic heterocycles. The van der Waals surface area contributed by atoms with E-state index in [-0.39, 0.29) is 0 Å². The summed E-state index contributed by atoms with van der Waals surface area (Å²) in [6.45, 7) is 3.83. The average Bonchev–Trinajstić information content (AvgIpc) is 3.02. The van der Waals surface area contributed by atoms with E-state index in [1.165, 1.54) is 0 Å². The Labute approximate surface area is 156 Å². The second-order valence-corrected chi connectivity index (χ2v) is 7.59. The highest BCUT2D eigenvalue weighted by atomic mass is 35.5. The summed E-state index contributed by atoms with van der Waals surface area (Å²) in [6.07, 6.45) is -2.95. The number of halogens is 4. The highest BCUT2D eigenvalue weighted by Gasteiger charge is 2.72. The lowest BCUT2D eigenvalue weighted by molar-refractivity contribution is -0.0849. The Morgan fingerprint density at radius 3 is 2.12 bits per heavy atom. The van der Waals surface area contributed by atoms with Crippen molar-refractivity contribution in [3.8, 4) is 5.75 Å². The van der Waals surface area contributed by atoms with Crippen molar-refractivity contribution >= 4 is 11.6 Å². The van der Waals surface area contributed by atoms with Crippen LogP contribution in [0.5, 0.6) is 5.75 Å². The van der Waals surface area contributed by atoms with Crippen LogP contribution in [0.1, 0.15) is 19.4 Å². The van der Waals surface area contributed by atoms with Crippen LogP contribution in [0.25, 0.3) is 0 Å². The first-order chi connectivity index (χ1) is 12.2. The van der Waals surface area contributed by atoms with E-state index in [4.69, 9.17) is 16.3 Å². The van der Waals surface area contributed by atoms with Crippen LogP contribution in [0.4, 0.5) is 13.2 Å². The third-order valence-corrected chi connectivity index (χ3v) is 5.56. The Hall–Kier alpha value is -1.94. The summed E-state index contributed by atoms with van der Waals surface area (Å²) in [7, 11) is 0. The Bertz CT molecular complexity index is 740. The maximum atomic E-state index is 13.0. The zero-order valence-corrected chi connectivity index (χ0v) is 15.3. The molecule has 1 saturated carbocycles. The molecule has 26 heavy (non-hydrogen) atoms. The fourth-order valence-electron chi connectivity index (χ4n) is 3.61. The molecule has 2 aromatic rings. The number of hydrogen-bond acceptors (Lipinski definition) is 1. The fraction of sp³-hybridized carbons (Fsp3) is 0.333. The number of benzene rings is 2. The second-order valence-electron chi connectivity index (χ2n) is 7.18. The first-order valence-corrected chi connectivity index (χ1v) is 8.77. The van der Waals surface area contributed by atoms with Crippen LogP contribution in [-0.2, 0) is 6.42 Å². The first kappa shape index (κ1) is 18.8. The smallest absolute Gasteiger partial charge is 0.426 e. The highest BCUT2D eigenvalue weighted by molar-refractivity contribution is 6.30. The molecule has 5 heteroatoms. The average molecular weight is 381 g/mol. The monoisotopic (exact) mass is 380 g/mol. The molecule has 138 valence electrons. The van der Waals surface area contributed by atoms with E-state index in [0.29, 0.717) is 12.2 Å². The molecule has 0 aliphatic heterocycles. The minimum Gasteiger partial charge on any atom is -0.486 e. The van der Waals surface area contributed by atoms with E-state index >= 15 is 0 Å². The van der Waals surface area contributed by atoms with E-state index in [1.54, 1.807) is 0 Å². The second kappa shape index (κ2) is 6.66. The zero-order chi connectivity index (χ0) is 19.0. The van der Waals surface area contributed by atoms with Crippen LogP contribution in [-0.4, -0.2) is 11.8 Å². The molecule has 0 amide bonds. The van der Waals surface area contributed by atoms with Gasteiger partial charge in [0.25, 0.3) is 0 Å². The SMILES string of the molecule is CC1(C)C(C=C(Cl)C(F)(F)F)C1(Cc1ccccc1)Oc1ccccc1. The lowest BCUT2D eigenvalue weighted by Gasteiger charge is -2.23. The van der Waals surface area contributed by atoms with Gasteiger partial charge >= 0.3 is 6.18 Å². The van der Waals surface area contributed by atoms with Gasteiger partial charge in [0, 0.05) is 17.8 Å². The molecule has 1 fully saturated rings. The molecule has 0 saturated heterocycles. The zero-order valence-electron chi connectivity index (χ0n) is 14.6. The standard InChI is InChI=1S/C21H20ClF3O/c1-19(2)17(13-18(22)21(23,24)25)20(19,14-15-9-5-3-6-10-15)26-16-11-7-4-8-12-16/h3-13,17H,14H2,1-2H3. The molecule has 0 radical (unpaired) electrons. The van der Waals surface area contributed by atoms with Crippen LogP contribution in [0, 0.1) is 11.3 Å². The summed E-state index contributed by atoms with van der Waals surface area (Å²) in [6, 6.07) is 18.8. The van der Waals surface area contributed by atoms with Gasteiger partial charge in [-0.2, -0.15) is 13.2 Å². The van der Waals surface area contributed by atoms with Crippen molar-refractivity contribution in [3.05, 3.63) is 77.3 Å². The molecule has 3 rings (SSSR count). The summed E-state index contributed by atoms with van der Waals surface area (Å²) in [5, 5.41) is -1.10. The van der Waals surface area contributed by atoms with Gasteiger partial charge in [-0.1, -0.05) is 80.1 Å². The van der Waals surface area contributed by atoms with Gasteiger partial charge in [-0.3, -0.25) is 0 Å². The van der Waals surface area contributed by atoms with Crippen molar-refractivity contribution in [3.63, 3.8) is 0 Å². The number of hydrogen-bond donors (Lipinski definition) is 0. The van der Waals surface area contributed by atoms with E-state index < -0.39 is 28.1 Å². The Morgan fingerprint density at radius 1 is 1.04 bits per heavy atom. The molecule has 2 unspecified atom stereocenters. The van der Waals surface area contributed by atoms with Crippen LogP contribution in [0.15, 0.2) is 71.8 Å². The van der Waals surface area contributed by atoms with Crippen LogP contribution < -0.4 is 4.74 Å². The van der Waals surface area contributed by atoms with Crippen molar-refractivity contribution in [2.24, 2.45) is 11.3 Å². The van der Waals surface area contributed by atoms with Gasteiger partial charge in [-0.25, -0.2) is 0 Å². The van der Waals surface area contributed by atoms with Crippen LogP contribution in [0.3, 0.4) is 0 Å². The van der Waals surface area contributed by atoms with Gasteiger partial charge in [0.2, 0.25) is 0 Å². The number of alkyl halides is 3. The first-order valence-electron chi connectivity index (χ1n) is 8.39. The Morgan fingerprint density at radius 2 is 1.58 bits per heavy atom. The normalized spacial score (nSPS) is 25.0. The van der Waals surface area contributed by atoms with E-state index in [2.05, 4.69) is 0 Å². The summed E-state index contributed by atoms with van der Waals surface area (Å²) < 4.78 is 45.1. The molecule has 2 atom stereocenters. The van der Waals surface area contributed by atoms with Gasteiger partial charge in [0.05, 0.1) is 0 Å². The van der Waals surface area contributed by atoms with E-state index in [0.717, 1.165) is 11.6 Å². The van der Waals surface area contributed by atoms with Gasteiger partial charge < -0.3 is 4.74 Å². The van der Waals surface area contributed by atoms with Gasteiger partial charge in [0.1, 0.15) is 16.4 Å². The largest absolute Gasteiger partial charge is 0.486 e. The lowest BCUT2D eigenvalue weighted by atomic mass is 9.99. The third-order valence-electron chi connectivity index (χ3n) is 5.22. The highest BCUT2D eigenvalue weighted by Crippen LogP contribution is 2.66. The molecule has 0 spiro atoms. The Kier molecular flexibility index (Phi) is 4.82. The molecule has 2 aromatic carbocycles. The van der Waals surface area contributed by atoms with Crippen molar-refractivity contribution < 1.29 is 17.9 Å². The Balaban J connectivity index is 1.98. The molecule has 1 aliphatic rings. The summed E-state index contributed by atoms with van der Waals surface area (Å²) in [4.78, 5) is 0. The number of rotatable bonds is 5. The summed E-state index contributed by atoms with van der Waals surface area (Å²) in [5.74, 6) is 0.181. The molecular weight excluding hydrogens is 361 g/mol. The number of para-hydroxylation sites is 1. The maximum Gasteiger partial charge on any atom is 0.426 e. The molecule has 0 bridgehead atoms. The van der Waals surface area contributed by atoms with Crippen molar-refractivity contribution in [2.45, 2.75) is 32.0 Å². The van der Waals surface area contributed by atoms with Crippen molar-refractivity contribution in [2.75, 3.05) is 0 Å². The summed E-state index contributed by atoms with van der Waals surface area (Å²) in [5.41, 5.74) is -0.277. The number of ether oxygens (including phenoxy) is 1. The van der Waals surface area contributed by atoms with E-state index in [1.807, 2.05) is 74.5 Å². The molecule has 0 heterocycles.